The van der Waals surface area contributed by atoms with E-state index in [1.54, 1.807) is 19.1 Å². The van der Waals surface area contributed by atoms with Crippen LogP contribution in [0.4, 0.5) is 0 Å². The standard InChI is InChI=1S/C15H20N2O3/c1-2-15(14(19)20)9-6-10-17(15)13(18)12(16)11-7-4-3-5-8-11/h3-5,7-8,12H,2,6,9-10,16H2,1H3,(H,19,20). The van der Waals surface area contributed by atoms with Crippen LogP contribution in [0, 0.1) is 0 Å². The number of hydrogen-bond acceptors (Lipinski definition) is 3. The first-order chi connectivity index (χ1) is 9.53. The number of rotatable bonds is 4. The maximum absolute atomic E-state index is 12.6. The number of nitrogens with two attached hydrogens (primary N) is 1. The molecular weight excluding hydrogens is 256 g/mol. The Morgan fingerprint density at radius 3 is 2.60 bits per heavy atom. The van der Waals surface area contributed by atoms with E-state index in [0.29, 0.717) is 31.4 Å². The zero-order chi connectivity index (χ0) is 14.8. The molecule has 2 atom stereocenters. The van der Waals surface area contributed by atoms with E-state index >= 15 is 0 Å². The second kappa shape index (κ2) is 5.63. The SMILES string of the molecule is CCC1(C(=O)O)CCCN1C(=O)C(N)c1ccccc1. The van der Waals surface area contributed by atoms with E-state index in [0.717, 1.165) is 0 Å². The zero-order valence-corrected chi connectivity index (χ0v) is 11.6. The Balaban J connectivity index is 2.26. The topological polar surface area (TPSA) is 83.6 Å². The van der Waals surface area contributed by atoms with Gasteiger partial charge >= 0.3 is 5.97 Å². The summed E-state index contributed by atoms with van der Waals surface area (Å²) in [6.45, 7) is 2.26. The molecule has 1 fully saturated rings. The van der Waals surface area contributed by atoms with E-state index in [4.69, 9.17) is 5.73 Å². The number of carboxylic acid groups (broad SMARTS) is 1. The third kappa shape index (κ3) is 2.29. The van der Waals surface area contributed by atoms with Gasteiger partial charge in [0.15, 0.2) is 0 Å². The number of benzene rings is 1. The minimum absolute atomic E-state index is 0.307. The number of aliphatic carboxylic acids is 1. The van der Waals surface area contributed by atoms with Crippen molar-refractivity contribution in [3.8, 4) is 0 Å². The molecule has 1 aromatic rings. The average Bonchev–Trinajstić information content (AvgIpc) is 2.91. The largest absolute Gasteiger partial charge is 0.479 e. The lowest BCUT2D eigenvalue weighted by Crippen LogP contribution is -2.54. The Bertz CT molecular complexity index is 503. The normalized spacial score (nSPS) is 23.6. The summed E-state index contributed by atoms with van der Waals surface area (Å²) in [5.74, 6) is -1.25. The third-order valence-corrected chi connectivity index (χ3v) is 4.16. The van der Waals surface area contributed by atoms with Gasteiger partial charge in [-0.15, -0.1) is 0 Å². The lowest BCUT2D eigenvalue weighted by molar-refractivity contribution is -0.157. The zero-order valence-electron chi connectivity index (χ0n) is 11.6. The molecule has 0 saturated carbocycles. The van der Waals surface area contributed by atoms with Crippen LogP contribution in [-0.4, -0.2) is 34.0 Å². The summed E-state index contributed by atoms with van der Waals surface area (Å²) < 4.78 is 0. The van der Waals surface area contributed by atoms with Crippen LogP contribution < -0.4 is 5.73 Å². The average molecular weight is 276 g/mol. The van der Waals surface area contributed by atoms with Crippen LogP contribution in [0.1, 0.15) is 37.8 Å². The first-order valence-electron chi connectivity index (χ1n) is 6.88. The summed E-state index contributed by atoms with van der Waals surface area (Å²) in [6, 6.07) is 8.25. The molecule has 1 aromatic carbocycles. The molecule has 1 heterocycles. The fourth-order valence-electron chi connectivity index (χ4n) is 2.91. The molecule has 5 nitrogen and oxygen atoms in total. The van der Waals surface area contributed by atoms with Crippen LogP contribution in [0.2, 0.25) is 0 Å². The Hall–Kier alpha value is -1.88. The fraction of sp³-hybridized carbons (Fsp3) is 0.467. The molecule has 2 unspecified atom stereocenters. The number of carbonyl (C=O) groups excluding carboxylic acids is 1. The van der Waals surface area contributed by atoms with Gasteiger partial charge in [0.05, 0.1) is 0 Å². The molecular formula is C15H20N2O3. The Morgan fingerprint density at radius 1 is 1.40 bits per heavy atom. The van der Waals surface area contributed by atoms with Crippen molar-refractivity contribution in [1.29, 1.82) is 0 Å². The summed E-state index contributed by atoms with van der Waals surface area (Å²) in [5, 5.41) is 9.50. The highest BCUT2D eigenvalue weighted by Crippen LogP contribution is 2.34. The van der Waals surface area contributed by atoms with Crippen molar-refractivity contribution in [2.75, 3.05) is 6.54 Å². The second-order valence-electron chi connectivity index (χ2n) is 5.17. The number of amides is 1. The van der Waals surface area contributed by atoms with E-state index in [2.05, 4.69) is 0 Å². The summed E-state index contributed by atoms with van der Waals surface area (Å²) in [7, 11) is 0. The summed E-state index contributed by atoms with van der Waals surface area (Å²) >= 11 is 0. The molecule has 0 spiro atoms. The third-order valence-electron chi connectivity index (χ3n) is 4.16. The molecule has 1 aliphatic heterocycles. The van der Waals surface area contributed by atoms with E-state index in [-0.39, 0.29) is 5.91 Å². The van der Waals surface area contributed by atoms with E-state index in [1.165, 1.54) is 4.90 Å². The number of carbonyl (C=O) groups is 2. The highest BCUT2D eigenvalue weighted by atomic mass is 16.4. The second-order valence-corrected chi connectivity index (χ2v) is 5.17. The quantitative estimate of drug-likeness (QED) is 0.873. The Labute approximate surface area is 118 Å². The lowest BCUT2D eigenvalue weighted by Gasteiger charge is -2.35. The first-order valence-corrected chi connectivity index (χ1v) is 6.88. The van der Waals surface area contributed by atoms with Crippen LogP contribution in [0.15, 0.2) is 30.3 Å². The number of likely N-dealkylation sites (tertiary alicyclic amines) is 1. The van der Waals surface area contributed by atoms with Crippen molar-refractivity contribution in [2.45, 2.75) is 37.8 Å². The van der Waals surface area contributed by atoms with Crippen LogP contribution in [-0.2, 0) is 9.59 Å². The lowest BCUT2D eigenvalue weighted by atomic mass is 9.92. The Kier molecular flexibility index (Phi) is 4.09. The van der Waals surface area contributed by atoms with Crippen LogP contribution in [0.25, 0.3) is 0 Å². The predicted molar refractivity (Wildman–Crippen MR) is 75.0 cm³/mol. The molecule has 20 heavy (non-hydrogen) atoms. The van der Waals surface area contributed by atoms with Crippen molar-refractivity contribution in [2.24, 2.45) is 5.73 Å². The van der Waals surface area contributed by atoms with Gasteiger partial charge in [0.1, 0.15) is 11.6 Å². The van der Waals surface area contributed by atoms with Gasteiger partial charge in [-0.3, -0.25) is 4.79 Å². The Morgan fingerprint density at radius 2 is 2.05 bits per heavy atom. The first kappa shape index (κ1) is 14.5. The molecule has 5 heteroatoms. The molecule has 1 amide bonds. The van der Waals surface area contributed by atoms with Crippen molar-refractivity contribution >= 4 is 11.9 Å². The minimum atomic E-state index is -1.09. The maximum atomic E-state index is 12.6. The summed E-state index contributed by atoms with van der Waals surface area (Å²) in [5.41, 5.74) is 5.62. The van der Waals surface area contributed by atoms with Crippen LogP contribution in [0.5, 0.6) is 0 Å². The van der Waals surface area contributed by atoms with Crippen molar-refractivity contribution in [1.82, 2.24) is 4.90 Å². The molecule has 0 radical (unpaired) electrons. The van der Waals surface area contributed by atoms with Crippen LogP contribution in [0.3, 0.4) is 0 Å². The summed E-state index contributed by atoms with van der Waals surface area (Å²) in [4.78, 5) is 25.6. The summed E-state index contributed by atoms with van der Waals surface area (Å²) in [6.07, 6.45) is 1.59. The molecule has 0 aromatic heterocycles. The van der Waals surface area contributed by atoms with Gasteiger partial charge in [0, 0.05) is 6.54 Å². The van der Waals surface area contributed by atoms with Gasteiger partial charge < -0.3 is 15.7 Å². The van der Waals surface area contributed by atoms with Gasteiger partial charge in [-0.25, -0.2) is 4.79 Å². The molecule has 3 N–H and O–H groups in total. The van der Waals surface area contributed by atoms with Crippen LogP contribution >= 0.6 is 0 Å². The van der Waals surface area contributed by atoms with E-state index in [9.17, 15) is 14.7 Å². The van der Waals surface area contributed by atoms with E-state index in [1.807, 2.05) is 18.2 Å². The number of hydrogen-bond donors (Lipinski definition) is 2. The van der Waals surface area contributed by atoms with E-state index < -0.39 is 17.6 Å². The number of nitrogens with zero attached hydrogens (tertiary/aromatic N) is 1. The van der Waals surface area contributed by atoms with Crippen molar-refractivity contribution in [3.63, 3.8) is 0 Å². The highest BCUT2D eigenvalue weighted by Gasteiger charge is 2.49. The van der Waals surface area contributed by atoms with Gasteiger partial charge in [-0.1, -0.05) is 37.3 Å². The number of carboxylic acids is 1. The van der Waals surface area contributed by atoms with Gasteiger partial charge in [-0.2, -0.15) is 0 Å². The fourth-order valence-corrected chi connectivity index (χ4v) is 2.91. The van der Waals surface area contributed by atoms with Gasteiger partial charge in [0.25, 0.3) is 0 Å². The molecule has 1 aliphatic rings. The van der Waals surface area contributed by atoms with Gasteiger partial charge in [0.2, 0.25) is 5.91 Å². The molecule has 0 aliphatic carbocycles. The molecule has 108 valence electrons. The molecule has 0 bridgehead atoms. The highest BCUT2D eigenvalue weighted by molar-refractivity contribution is 5.90. The molecule has 1 saturated heterocycles. The van der Waals surface area contributed by atoms with Crippen molar-refractivity contribution in [3.05, 3.63) is 35.9 Å². The molecule has 2 rings (SSSR count). The van der Waals surface area contributed by atoms with Crippen molar-refractivity contribution < 1.29 is 14.7 Å². The maximum Gasteiger partial charge on any atom is 0.329 e. The van der Waals surface area contributed by atoms with Gasteiger partial charge in [-0.05, 0) is 24.8 Å². The monoisotopic (exact) mass is 276 g/mol. The predicted octanol–water partition coefficient (Wildman–Crippen LogP) is 1.54. The smallest absolute Gasteiger partial charge is 0.329 e. The minimum Gasteiger partial charge on any atom is -0.479 e.